The minimum absolute atomic E-state index is 0.414. The fourth-order valence-electron chi connectivity index (χ4n) is 4.17. The van der Waals surface area contributed by atoms with Gasteiger partial charge in [0.05, 0.1) is 11.1 Å². The number of pyridine rings is 1. The summed E-state index contributed by atoms with van der Waals surface area (Å²) in [5, 5.41) is 4.08. The van der Waals surface area contributed by atoms with Crippen LogP contribution in [-0.2, 0) is 22.5 Å². The Morgan fingerprint density at radius 2 is 2.03 bits per heavy atom. The van der Waals surface area contributed by atoms with E-state index in [2.05, 4.69) is 17.1 Å². The quantitative estimate of drug-likeness (QED) is 0.510. The number of rotatable bonds is 6. The molecule has 0 radical (unpaired) electrons. The average Bonchev–Trinajstić information content (AvgIpc) is 2.80. The van der Waals surface area contributed by atoms with Gasteiger partial charge in [-0.15, -0.1) is 0 Å². The Hall–Kier alpha value is -2.96. The maximum absolute atomic E-state index is 13.4. The number of halogens is 1. The van der Waals surface area contributed by atoms with E-state index < -0.39 is 18.0 Å². The summed E-state index contributed by atoms with van der Waals surface area (Å²) in [6.07, 6.45) is 0.844. The summed E-state index contributed by atoms with van der Waals surface area (Å²) < 4.78 is 5.66. The molecule has 7 heteroatoms. The number of fused-ring (bicyclic) bond motifs is 2. The van der Waals surface area contributed by atoms with Crippen molar-refractivity contribution in [1.82, 2.24) is 9.88 Å². The number of aryl methyl sites for hydroxylation is 1. The van der Waals surface area contributed by atoms with Crippen LogP contribution >= 0.6 is 11.6 Å². The molecule has 0 saturated carbocycles. The predicted molar refractivity (Wildman–Crippen MR) is 131 cm³/mol. The number of nitrogens with zero attached hydrogens (tertiary/aromatic N) is 2. The van der Waals surface area contributed by atoms with Gasteiger partial charge in [0.2, 0.25) is 0 Å². The van der Waals surface area contributed by atoms with Gasteiger partial charge in [-0.2, -0.15) is 0 Å². The van der Waals surface area contributed by atoms with E-state index in [1.54, 1.807) is 19.1 Å². The van der Waals surface area contributed by atoms with Crippen molar-refractivity contribution in [2.24, 2.45) is 0 Å². The number of hydrogen-bond acceptors (Lipinski definition) is 5. The molecule has 0 saturated heterocycles. The molecule has 3 aromatic rings. The molecular weight excluding hydrogens is 438 g/mol. The minimum atomic E-state index is -0.976. The molecule has 1 aliphatic rings. The summed E-state index contributed by atoms with van der Waals surface area (Å²) in [7, 11) is 0. The maximum atomic E-state index is 13.4. The highest BCUT2D eigenvalue weighted by Crippen LogP contribution is 2.29. The van der Waals surface area contributed by atoms with Crippen LogP contribution in [0.15, 0.2) is 42.5 Å². The first-order valence-corrected chi connectivity index (χ1v) is 11.7. The lowest BCUT2D eigenvalue weighted by molar-refractivity contribution is -0.123. The van der Waals surface area contributed by atoms with Crippen molar-refractivity contribution < 1.29 is 14.3 Å². The Kier molecular flexibility index (Phi) is 6.96. The van der Waals surface area contributed by atoms with E-state index in [4.69, 9.17) is 21.3 Å². The Morgan fingerprint density at radius 3 is 2.79 bits per heavy atom. The lowest BCUT2D eigenvalue weighted by atomic mass is 9.95. The molecule has 0 fully saturated rings. The van der Waals surface area contributed by atoms with E-state index in [1.807, 2.05) is 37.3 Å². The molecule has 1 amide bonds. The SMILES string of the molecule is CCCN1CCc2nc3ccccc3c(C(=O)OC(C)C(=O)Nc3ccc(C)c(Cl)c3)c2C1. The highest BCUT2D eigenvalue weighted by molar-refractivity contribution is 6.31. The fraction of sp³-hybridized carbons (Fsp3) is 0.346. The van der Waals surface area contributed by atoms with Gasteiger partial charge < -0.3 is 10.1 Å². The average molecular weight is 466 g/mol. The van der Waals surface area contributed by atoms with Crippen molar-refractivity contribution in [3.05, 3.63) is 69.9 Å². The first-order chi connectivity index (χ1) is 15.9. The Labute approximate surface area is 198 Å². The van der Waals surface area contributed by atoms with Crippen molar-refractivity contribution in [2.75, 3.05) is 18.4 Å². The van der Waals surface area contributed by atoms with E-state index >= 15 is 0 Å². The van der Waals surface area contributed by atoms with E-state index in [0.717, 1.165) is 53.7 Å². The van der Waals surface area contributed by atoms with Crippen molar-refractivity contribution in [1.29, 1.82) is 0 Å². The second-order valence-corrected chi connectivity index (χ2v) is 8.86. The first kappa shape index (κ1) is 23.2. The van der Waals surface area contributed by atoms with Gasteiger partial charge >= 0.3 is 5.97 Å². The van der Waals surface area contributed by atoms with Crippen molar-refractivity contribution in [3.8, 4) is 0 Å². The van der Waals surface area contributed by atoms with Crippen LogP contribution in [0.3, 0.4) is 0 Å². The largest absolute Gasteiger partial charge is 0.449 e. The standard InChI is InChI=1S/C26H28ClN3O3/c1-4-12-30-13-11-23-20(15-30)24(19-7-5-6-8-22(19)29-23)26(32)33-17(3)25(31)28-18-10-9-16(2)21(27)14-18/h5-10,14,17H,4,11-13,15H2,1-3H3,(H,28,31). The lowest BCUT2D eigenvalue weighted by Crippen LogP contribution is -2.34. The number of carbonyl (C=O) groups is 2. The molecule has 2 aromatic carbocycles. The van der Waals surface area contributed by atoms with Crippen LogP contribution in [0.2, 0.25) is 5.02 Å². The van der Waals surface area contributed by atoms with Crippen LogP contribution in [0.25, 0.3) is 10.9 Å². The molecule has 1 atom stereocenters. The third-order valence-electron chi connectivity index (χ3n) is 5.96. The van der Waals surface area contributed by atoms with Gasteiger partial charge in [0.25, 0.3) is 5.91 Å². The number of anilines is 1. The van der Waals surface area contributed by atoms with Crippen molar-refractivity contribution in [3.63, 3.8) is 0 Å². The number of para-hydroxylation sites is 1. The van der Waals surface area contributed by atoms with E-state index in [0.29, 0.717) is 22.8 Å². The van der Waals surface area contributed by atoms with E-state index in [-0.39, 0.29) is 0 Å². The molecule has 1 N–H and O–H groups in total. The normalized spacial score (nSPS) is 14.5. The molecule has 4 rings (SSSR count). The molecule has 1 aliphatic heterocycles. The zero-order chi connectivity index (χ0) is 23.5. The number of ether oxygens (including phenoxy) is 1. The van der Waals surface area contributed by atoms with Crippen LogP contribution < -0.4 is 5.32 Å². The molecule has 1 aromatic heterocycles. The zero-order valence-electron chi connectivity index (χ0n) is 19.2. The molecule has 0 aliphatic carbocycles. The number of hydrogen-bond donors (Lipinski definition) is 1. The summed E-state index contributed by atoms with van der Waals surface area (Å²) in [6.45, 7) is 8.12. The van der Waals surface area contributed by atoms with Crippen LogP contribution in [0.4, 0.5) is 5.69 Å². The molecule has 0 spiro atoms. The second-order valence-electron chi connectivity index (χ2n) is 8.46. The number of benzene rings is 2. The predicted octanol–water partition coefficient (Wildman–Crippen LogP) is 5.15. The van der Waals surface area contributed by atoms with Gasteiger partial charge in [-0.05, 0) is 50.6 Å². The number of aromatic nitrogens is 1. The summed E-state index contributed by atoms with van der Waals surface area (Å²) >= 11 is 6.15. The number of amides is 1. The summed E-state index contributed by atoms with van der Waals surface area (Å²) in [5.74, 6) is -0.920. The first-order valence-electron chi connectivity index (χ1n) is 11.3. The maximum Gasteiger partial charge on any atom is 0.339 e. The summed E-state index contributed by atoms with van der Waals surface area (Å²) in [6, 6.07) is 12.9. The van der Waals surface area contributed by atoms with Crippen LogP contribution in [0, 0.1) is 6.92 Å². The highest BCUT2D eigenvalue weighted by Gasteiger charge is 2.28. The number of esters is 1. The fourth-order valence-corrected chi connectivity index (χ4v) is 4.35. The van der Waals surface area contributed by atoms with Crippen LogP contribution in [0.1, 0.15) is 47.4 Å². The Bertz CT molecular complexity index is 1210. The Balaban J connectivity index is 1.60. The molecule has 6 nitrogen and oxygen atoms in total. The number of nitrogens with one attached hydrogen (secondary N) is 1. The molecule has 1 unspecified atom stereocenters. The monoisotopic (exact) mass is 465 g/mol. The molecule has 33 heavy (non-hydrogen) atoms. The number of carbonyl (C=O) groups excluding carboxylic acids is 2. The lowest BCUT2D eigenvalue weighted by Gasteiger charge is -2.29. The van der Waals surface area contributed by atoms with E-state index in [9.17, 15) is 9.59 Å². The topological polar surface area (TPSA) is 71.5 Å². The minimum Gasteiger partial charge on any atom is -0.449 e. The third kappa shape index (κ3) is 5.02. The van der Waals surface area contributed by atoms with Gasteiger partial charge in [0, 0.05) is 46.9 Å². The molecule has 172 valence electrons. The van der Waals surface area contributed by atoms with Gasteiger partial charge in [-0.1, -0.05) is 42.8 Å². The van der Waals surface area contributed by atoms with Crippen molar-refractivity contribution >= 4 is 40.1 Å². The van der Waals surface area contributed by atoms with Crippen LogP contribution in [0.5, 0.6) is 0 Å². The Morgan fingerprint density at radius 1 is 1.24 bits per heavy atom. The van der Waals surface area contributed by atoms with Crippen LogP contribution in [-0.4, -0.2) is 41.0 Å². The molecule has 0 bridgehead atoms. The third-order valence-corrected chi connectivity index (χ3v) is 6.37. The zero-order valence-corrected chi connectivity index (χ0v) is 19.9. The van der Waals surface area contributed by atoms with Gasteiger partial charge in [-0.3, -0.25) is 14.7 Å². The molecule has 2 heterocycles. The van der Waals surface area contributed by atoms with E-state index in [1.165, 1.54) is 0 Å². The summed E-state index contributed by atoms with van der Waals surface area (Å²) in [4.78, 5) is 33.2. The van der Waals surface area contributed by atoms with Gasteiger partial charge in [-0.25, -0.2) is 4.79 Å². The van der Waals surface area contributed by atoms with Gasteiger partial charge in [0.15, 0.2) is 6.10 Å². The smallest absolute Gasteiger partial charge is 0.339 e. The van der Waals surface area contributed by atoms with Gasteiger partial charge in [0.1, 0.15) is 0 Å². The second kappa shape index (κ2) is 9.89. The molecular formula is C26H28ClN3O3. The highest BCUT2D eigenvalue weighted by atomic mass is 35.5. The van der Waals surface area contributed by atoms with Crippen molar-refractivity contribution in [2.45, 2.75) is 46.3 Å². The summed E-state index contributed by atoms with van der Waals surface area (Å²) in [5.41, 5.74) is 4.57.